The molecular weight excluding hydrogens is 544 g/mol. The molecule has 242 valence electrons. The fourth-order valence-corrected chi connectivity index (χ4v) is 11.6. The highest BCUT2D eigenvalue weighted by Gasteiger charge is 2.72. The molecule has 0 N–H and O–H groups in total. The van der Waals surface area contributed by atoms with Gasteiger partial charge in [0.2, 0.25) is 6.29 Å². The van der Waals surface area contributed by atoms with Gasteiger partial charge in [-0.25, -0.2) is 0 Å². The smallest absolute Gasteiger partial charge is 0.314 e. The summed E-state index contributed by atoms with van der Waals surface area (Å²) in [6, 6.07) is 0. The van der Waals surface area contributed by atoms with E-state index in [1.165, 1.54) is 6.92 Å². The van der Waals surface area contributed by atoms with Crippen LogP contribution < -0.4 is 0 Å². The summed E-state index contributed by atoms with van der Waals surface area (Å²) in [5, 5.41) is 0. The van der Waals surface area contributed by atoms with Crippen molar-refractivity contribution in [2.75, 3.05) is 0 Å². The lowest BCUT2D eigenvalue weighted by Crippen LogP contribution is -2.67. The average molecular weight is 601 g/mol. The van der Waals surface area contributed by atoms with E-state index in [4.69, 9.17) is 18.9 Å². The SMILES string of the molecule is CCC(C)C(=O)O[C@H]1C[C@@H]2CC[C@@H]3[C@H](CC[C@]45C6OC(=O)C([C@H]4CC[C@@H]35)[C@@H](CC(CC)C(C)C)O6)[C@@]2(C)C[C@H]1OC(C)=O. The Morgan fingerprint density at radius 2 is 1.70 bits per heavy atom. The predicted octanol–water partition coefficient (Wildman–Crippen LogP) is 7.10. The van der Waals surface area contributed by atoms with Crippen molar-refractivity contribution in [3.05, 3.63) is 0 Å². The number of hydrogen-bond donors (Lipinski definition) is 0. The molecule has 14 atom stereocenters. The Morgan fingerprint density at radius 3 is 2.37 bits per heavy atom. The van der Waals surface area contributed by atoms with Crippen molar-refractivity contribution in [2.24, 2.45) is 64.1 Å². The molecule has 7 heteroatoms. The summed E-state index contributed by atoms with van der Waals surface area (Å²) in [5.74, 6) is 2.71. The van der Waals surface area contributed by atoms with Gasteiger partial charge in [0.1, 0.15) is 12.2 Å². The zero-order valence-corrected chi connectivity index (χ0v) is 27.6. The second kappa shape index (κ2) is 11.6. The normalized spacial score (nSPS) is 46.1. The molecule has 7 aliphatic rings. The minimum absolute atomic E-state index is 0.0107. The van der Waals surface area contributed by atoms with Gasteiger partial charge in [-0.15, -0.1) is 0 Å². The standard InChI is InChI=1S/C36H56O7/c1-8-20(5)32(38)41-28-17-23-10-11-24-25(35(23,7)18-30(28)40-21(6)37)14-15-36-26(24)12-13-27(36)31-29(16-22(9-2)19(3)4)42-34(36)43-33(31)39/h19-20,22-31,34H,8-18H2,1-7H3/t20?,22?,23-,24+,25-,26-,27+,28-,29+,30+,31?,34?,35-,36+/m0/s1. The lowest BCUT2D eigenvalue weighted by Gasteiger charge is -2.65. The molecule has 43 heavy (non-hydrogen) atoms. The van der Waals surface area contributed by atoms with Gasteiger partial charge in [-0.3, -0.25) is 14.4 Å². The zero-order valence-electron chi connectivity index (χ0n) is 27.6. The van der Waals surface area contributed by atoms with Gasteiger partial charge in [0.15, 0.2) is 0 Å². The van der Waals surface area contributed by atoms with Gasteiger partial charge >= 0.3 is 17.9 Å². The lowest BCUT2D eigenvalue weighted by atomic mass is 9.43. The van der Waals surface area contributed by atoms with Crippen molar-refractivity contribution in [3.8, 4) is 0 Å². The summed E-state index contributed by atoms with van der Waals surface area (Å²) in [4.78, 5) is 38.4. The third-order valence-corrected chi connectivity index (χ3v) is 14.0. The van der Waals surface area contributed by atoms with Crippen molar-refractivity contribution in [1.29, 1.82) is 0 Å². The van der Waals surface area contributed by atoms with E-state index in [1.54, 1.807) is 0 Å². The molecule has 3 aliphatic heterocycles. The van der Waals surface area contributed by atoms with Crippen LogP contribution in [0, 0.1) is 64.1 Å². The number of rotatable bonds is 8. The fourth-order valence-electron chi connectivity index (χ4n) is 11.6. The summed E-state index contributed by atoms with van der Waals surface area (Å²) < 4.78 is 24.9. The monoisotopic (exact) mass is 600 g/mol. The molecule has 7 fully saturated rings. The second-order valence-corrected chi connectivity index (χ2v) is 16.0. The van der Waals surface area contributed by atoms with E-state index in [-0.39, 0.29) is 52.8 Å². The van der Waals surface area contributed by atoms with Crippen LogP contribution in [0.1, 0.15) is 119 Å². The topological polar surface area (TPSA) is 88.1 Å². The number of carbonyl (C=O) groups excluding carboxylic acids is 3. The van der Waals surface area contributed by atoms with Crippen LogP contribution in [0.2, 0.25) is 0 Å². The summed E-state index contributed by atoms with van der Waals surface area (Å²) in [7, 11) is 0. The van der Waals surface area contributed by atoms with Gasteiger partial charge in [0.05, 0.1) is 17.9 Å². The van der Waals surface area contributed by atoms with E-state index in [9.17, 15) is 14.4 Å². The minimum atomic E-state index is -0.409. The van der Waals surface area contributed by atoms with Crippen molar-refractivity contribution in [1.82, 2.24) is 0 Å². The van der Waals surface area contributed by atoms with Crippen LogP contribution in [0.4, 0.5) is 0 Å². The Balaban J connectivity index is 1.23. The largest absolute Gasteiger partial charge is 0.459 e. The Kier molecular flexibility index (Phi) is 8.48. The molecule has 3 heterocycles. The summed E-state index contributed by atoms with van der Waals surface area (Å²) in [5.41, 5.74) is -0.0430. The maximum absolute atomic E-state index is 13.4. The number of esters is 3. The van der Waals surface area contributed by atoms with E-state index < -0.39 is 12.4 Å². The van der Waals surface area contributed by atoms with Crippen molar-refractivity contribution in [2.45, 2.75) is 144 Å². The molecule has 7 rings (SSSR count). The molecule has 4 aliphatic carbocycles. The molecule has 7 nitrogen and oxygen atoms in total. The maximum Gasteiger partial charge on any atom is 0.314 e. The highest BCUT2D eigenvalue weighted by molar-refractivity contribution is 5.76. The molecule has 0 aromatic rings. The Labute approximate surface area is 258 Å². The fraction of sp³-hybridized carbons (Fsp3) is 0.917. The van der Waals surface area contributed by atoms with Gasteiger partial charge in [0.25, 0.3) is 0 Å². The molecule has 2 bridgehead atoms. The van der Waals surface area contributed by atoms with E-state index in [0.717, 1.165) is 70.6 Å². The van der Waals surface area contributed by atoms with Crippen LogP contribution in [0.3, 0.4) is 0 Å². The van der Waals surface area contributed by atoms with E-state index in [2.05, 4.69) is 27.7 Å². The van der Waals surface area contributed by atoms with Gasteiger partial charge in [-0.1, -0.05) is 48.0 Å². The third-order valence-electron chi connectivity index (χ3n) is 14.0. The summed E-state index contributed by atoms with van der Waals surface area (Å²) in [6.45, 7) is 14.6. The first-order chi connectivity index (χ1) is 20.4. The first-order valence-electron chi connectivity index (χ1n) is 17.7. The quantitative estimate of drug-likeness (QED) is 0.217. The summed E-state index contributed by atoms with van der Waals surface area (Å²) in [6.07, 6.45) is 9.75. The third kappa shape index (κ3) is 4.97. The molecule has 0 aromatic carbocycles. The van der Waals surface area contributed by atoms with E-state index in [0.29, 0.717) is 41.4 Å². The van der Waals surface area contributed by atoms with Crippen LogP contribution in [0.25, 0.3) is 0 Å². The van der Waals surface area contributed by atoms with Crippen molar-refractivity contribution >= 4 is 17.9 Å². The number of hydrogen-bond acceptors (Lipinski definition) is 7. The first-order valence-corrected chi connectivity index (χ1v) is 17.7. The van der Waals surface area contributed by atoms with E-state index in [1.807, 2.05) is 13.8 Å². The molecule has 0 radical (unpaired) electrons. The Hall–Kier alpha value is -1.63. The predicted molar refractivity (Wildman–Crippen MR) is 161 cm³/mol. The van der Waals surface area contributed by atoms with Crippen LogP contribution in [-0.4, -0.2) is 42.5 Å². The van der Waals surface area contributed by atoms with Crippen LogP contribution in [0.15, 0.2) is 0 Å². The van der Waals surface area contributed by atoms with Gasteiger partial charge in [-0.05, 0) is 111 Å². The minimum Gasteiger partial charge on any atom is -0.459 e. The first kappa shape index (κ1) is 31.4. The maximum atomic E-state index is 13.4. The Bertz CT molecular complexity index is 1090. The molecular formula is C36H56O7. The average Bonchev–Trinajstić information content (AvgIpc) is 3.37. The highest BCUT2D eigenvalue weighted by Crippen LogP contribution is 2.72. The number of fused-ring (bicyclic) bond motifs is 6. The second-order valence-electron chi connectivity index (χ2n) is 16.0. The van der Waals surface area contributed by atoms with Crippen molar-refractivity contribution < 1.29 is 33.3 Å². The molecule has 1 spiro atoms. The van der Waals surface area contributed by atoms with Crippen LogP contribution >= 0.6 is 0 Å². The van der Waals surface area contributed by atoms with Gasteiger partial charge in [0, 0.05) is 12.3 Å². The highest BCUT2D eigenvalue weighted by atomic mass is 16.7. The molecule has 0 amide bonds. The molecule has 0 aromatic heterocycles. The van der Waals surface area contributed by atoms with Crippen LogP contribution in [-0.2, 0) is 33.3 Å². The molecule has 4 unspecified atom stereocenters. The zero-order chi connectivity index (χ0) is 30.8. The van der Waals surface area contributed by atoms with Gasteiger partial charge < -0.3 is 18.9 Å². The van der Waals surface area contributed by atoms with E-state index >= 15 is 0 Å². The van der Waals surface area contributed by atoms with Gasteiger partial charge in [-0.2, -0.15) is 0 Å². The lowest BCUT2D eigenvalue weighted by molar-refractivity contribution is -0.339. The van der Waals surface area contributed by atoms with Crippen LogP contribution in [0.5, 0.6) is 0 Å². The Morgan fingerprint density at radius 1 is 0.953 bits per heavy atom. The molecule has 4 saturated carbocycles. The number of ether oxygens (including phenoxy) is 4. The van der Waals surface area contributed by atoms with Crippen molar-refractivity contribution in [3.63, 3.8) is 0 Å². The number of carbonyl (C=O) groups is 3. The molecule has 3 saturated heterocycles. The summed E-state index contributed by atoms with van der Waals surface area (Å²) >= 11 is 0.